The first-order valence-electron chi connectivity index (χ1n) is 9.63. The summed E-state index contributed by atoms with van der Waals surface area (Å²) in [5.41, 5.74) is 1.09. The van der Waals surface area contributed by atoms with E-state index in [9.17, 15) is 4.79 Å². The van der Waals surface area contributed by atoms with Crippen LogP contribution in [0.1, 0.15) is 57.2 Å². The Kier molecular flexibility index (Phi) is 7.12. The van der Waals surface area contributed by atoms with Crippen LogP contribution < -0.4 is 5.32 Å². The summed E-state index contributed by atoms with van der Waals surface area (Å²) in [6, 6.07) is 10.6. The first kappa shape index (κ1) is 19.0. The van der Waals surface area contributed by atoms with Crippen molar-refractivity contribution in [3.8, 4) is 5.69 Å². The predicted octanol–water partition coefficient (Wildman–Crippen LogP) is 4.29. The number of amides is 1. The van der Waals surface area contributed by atoms with Crippen molar-refractivity contribution in [2.24, 2.45) is 0 Å². The fourth-order valence-electron chi connectivity index (χ4n) is 3.41. The van der Waals surface area contributed by atoms with Crippen LogP contribution in [-0.4, -0.2) is 32.5 Å². The molecule has 0 atom stereocenters. The molecule has 0 aliphatic heterocycles. The zero-order chi connectivity index (χ0) is 18.2. The average molecular weight is 373 g/mol. The van der Waals surface area contributed by atoms with Gasteiger partial charge in [-0.1, -0.05) is 49.2 Å². The number of carbonyl (C=O) groups excluding carboxylic acids is 1. The molecule has 1 fully saturated rings. The van der Waals surface area contributed by atoms with Gasteiger partial charge in [0.15, 0.2) is 5.16 Å². The molecular weight excluding hydrogens is 344 g/mol. The second-order valence-corrected chi connectivity index (χ2v) is 7.97. The number of hydrogen-bond donors (Lipinski definition) is 1. The van der Waals surface area contributed by atoms with Crippen LogP contribution in [0, 0.1) is 6.92 Å². The second-order valence-electron chi connectivity index (χ2n) is 6.91. The van der Waals surface area contributed by atoms with Crippen molar-refractivity contribution in [3.63, 3.8) is 0 Å². The fourth-order valence-corrected chi connectivity index (χ4v) is 4.40. The van der Waals surface area contributed by atoms with Gasteiger partial charge in [-0.15, -0.1) is 10.2 Å². The predicted molar refractivity (Wildman–Crippen MR) is 106 cm³/mol. The van der Waals surface area contributed by atoms with Crippen LogP contribution in [0.15, 0.2) is 35.5 Å². The van der Waals surface area contributed by atoms with Gasteiger partial charge in [-0.25, -0.2) is 0 Å². The number of para-hydroxylation sites is 1. The van der Waals surface area contributed by atoms with E-state index in [1.54, 1.807) is 11.8 Å². The molecule has 1 aromatic carbocycles. The van der Waals surface area contributed by atoms with Crippen LogP contribution in [0.5, 0.6) is 0 Å². The summed E-state index contributed by atoms with van der Waals surface area (Å²) < 4.78 is 2.08. The Hall–Kier alpha value is -1.82. The third kappa shape index (κ3) is 5.34. The van der Waals surface area contributed by atoms with Crippen LogP contribution in [0.25, 0.3) is 5.69 Å². The summed E-state index contributed by atoms with van der Waals surface area (Å²) in [7, 11) is 0. The van der Waals surface area contributed by atoms with Crippen molar-refractivity contribution in [2.45, 2.75) is 69.5 Å². The smallest absolute Gasteiger partial charge is 0.220 e. The highest BCUT2D eigenvalue weighted by atomic mass is 32.2. The maximum absolute atomic E-state index is 12.0. The SMILES string of the molecule is Cc1nnc(SCCCCC(=O)NC2CCCCC2)n1-c1ccccc1. The van der Waals surface area contributed by atoms with Gasteiger partial charge >= 0.3 is 0 Å². The van der Waals surface area contributed by atoms with Gasteiger partial charge in [0.05, 0.1) is 0 Å². The molecule has 1 N–H and O–H groups in total. The normalized spacial score (nSPS) is 15.1. The van der Waals surface area contributed by atoms with Gasteiger partial charge in [0.25, 0.3) is 0 Å². The van der Waals surface area contributed by atoms with Crippen molar-refractivity contribution in [3.05, 3.63) is 36.2 Å². The first-order chi connectivity index (χ1) is 12.7. The van der Waals surface area contributed by atoms with E-state index in [0.717, 1.165) is 48.1 Å². The summed E-state index contributed by atoms with van der Waals surface area (Å²) >= 11 is 1.71. The van der Waals surface area contributed by atoms with E-state index >= 15 is 0 Å². The second kappa shape index (κ2) is 9.76. The van der Waals surface area contributed by atoms with E-state index < -0.39 is 0 Å². The standard InChI is InChI=1S/C20H28N4OS/c1-16-22-23-20(24(16)18-12-6-3-7-13-18)26-15-9-8-14-19(25)21-17-10-4-2-5-11-17/h3,6-7,12-13,17H,2,4-5,8-11,14-15H2,1H3,(H,21,25). The summed E-state index contributed by atoms with van der Waals surface area (Å²) in [6.45, 7) is 1.97. The minimum atomic E-state index is 0.213. The zero-order valence-electron chi connectivity index (χ0n) is 15.5. The molecule has 1 aliphatic rings. The molecule has 2 aromatic rings. The fraction of sp³-hybridized carbons (Fsp3) is 0.550. The lowest BCUT2D eigenvalue weighted by Crippen LogP contribution is -2.35. The molecular formula is C20H28N4OS. The van der Waals surface area contributed by atoms with Gasteiger partial charge in [-0.3, -0.25) is 9.36 Å². The average Bonchev–Trinajstić information content (AvgIpc) is 3.03. The molecule has 6 heteroatoms. The molecule has 0 radical (unpaired) electrons. The highest BCUT2D eigenvalue weighted by Gasteiger charge is 2.15. The molecule has 26 heavy (non-hydrogen) atoms. The topological polar surface area (TPSA) is 59.8 Å². The van der Waals surface area contributed by atoms with Gasteiger partial charge < -0.3 is 5.32 Å². The number of aromatic nitrogens is 3. The number of aryl methyl sites for hydroxylation is 1. The Morgan fingerprint density at radius 2 is 1.92 bits per heavy atom. The van der Waals surface area contributed by atoms with E-state index in [0.29, 0.717) is 12.5 Å². The molecule has 3 rings (SSSR count). The Bertz CT molecular complexity index is 695. The van der Waals surface area contributed by atoms with Crippen LogP contribution in [0.3, 0.4) is 0 Å². The first-order valence-corrected chi connectivity index (χ1v) is 10.6. The quantitative estimate of drug-likeness (QED) is 0.555. The third-order valence-corrected chi connectivity index (χ3v) is 5.82. The lowest BCUT2D eigenvalue weighted by atomic mass is 9.95. The number of rotatable bonds is 8. The number of carbonyl (C=O) groups is 1. The van der Waals surface area contributed by atoms with E-state index in [2.05, 4.69) is 32.2 Å². The van der Waals surface area contributed by atoms with Crippen LogP contribution >= 0.6 is 11.8 Å². The van der Waals surface area contributed by atoms with E-state index in [4.69, 9.17) is 0 Å². The molecule has 0 saturated heterocycles. The molecule has 1 aromatic heterocycles. The summed E-state index contributed by atoms with van der Waals surface area (Å²) in [5.74, 6) is 2.05. The molecule has 5 nitrogen and oxygen atoms in total. The van der Waals surface area contributed by atoms with Crippen molar-refractivity contribution in [1.82, 2.24) is 20.1 Å². The van der Waals surface area contributed by atoms with Gasteiger partial charge in [0.1, 0.15) is 5.82 Å². The molecule has 1 heterocycles. The van der Waals surface area contributed by atoms with Crippen molar-refractivity contribution < 1.29 is 4.79 Å². The monoisotopic (exact) mass is 372 g/mol. The number of unbranched alkanes of at least 4 members (excludes halogenated alkanes) is 1. The minimum Gasteiger partial charge on any atom is -0.353 e. The number of nitrogens with zero attached hydrogens (tertiary/aromatic N) is 3. The van der Waals surface area contributed by atoms with Crippen LogP contribution in [0.2, 0.25) is 0 Å². The number of benzene rings is 1. The highest BCUT2D eigenvalue weighted by Crippen LogP contribution is 2.23. The summed E-state index contributed by atoms with van der Waals surface area (Å²) in [4.78, 5) is 12.0. The summed E-state index contributed by atoms with van der Waals surface area (Å²) in [6.07, 6.45) is 8.67. The molecule has 1 amide bonds. The largest absolute Gasteiger partial charge is 0.353 e. The highest BCUT2D eigenvalue weighted by molar-refractivity contribution is 7.99. The van der Waals surface area contributed by atoms with Crippen molar-refractivity contribution in [2.75, 3.05) is 5.75 Å². The summed E-state index contributed by atoms with van der Waals surface area (Å²) in [5, 5.41) is 12.6. The third-order valence-electron chi connectivity index (χ3n) is 4.81. The molecule has 0 bridgehead atoms. The Balaban J connectivity index is 1.40. The van der Waals surface area contributed by atoms with E-state index in [1.165, 1.54) is 19.3 Å². The van der Waals surface area contributed by atoms with Crippen LogP contribution in [0.4, 0.5) is 0 Å². The van der Waals surface area contributed by atoms with Crippen LogP contribution in [-0.2, 0) is 4.79 Å². The molecule has 1 saturated carbocycles. The molecule has 0 spiro atoms. The van der Waals surface area contributed by atoms with Crippen molar-refractivity contribution >= 4 is 17.7 Å². The number of thioether (sulfide) groups is 1. The number of hydrogen-bond acceptors (Lipinski definition) is 4. The Morgan fingerprint density at radius 1 is 1.15 bits per heavy atom. The van der Waals surface area contributed by atoms with Gasteiger partial charge in [0, 0.05) is 23.9 Å². The van der Waals surface area contributed by atoms with Gasteiger partial charge in [-0.05, 0) is 44.7 Å². The lowest BCUT2D eigenvalue weighted by molar-refractivity contribution is -0.122. The van der Waals surface area contributed by atoms with Gasteiger partial charge in [0.2, 0.25) is 5.91 Å². The zero-order valence-corrected chi connectivity index (χ0v) is 16.3. The van der Waals surface area contributed by atoms with Crippen molar-refractivity contribution in [1.29, 1.82) is 0 Å². The number of nitrogens with one attached hydrogen (secondary N) is 1. The van der Waals surface area contributed by atoms with E-state index in [1.807, 2.05) is 25.1 Å². The maximum Gasteiger partial charge on any atom is 0.220 e. The minimum absolute atomic E-state index is 0.213. The van der Waals surface area contributed by atoms with Gasteiger partial charge in [-0.2, -0.15) is 0 Å². The van der Waals surface area contributed by atoms with E-state index in [-0.39, 0.29) is 5.91 Å². The maximum atomic E-state index is 12.0. The molecule has 0 unspecified atom stereocenters. The Morgan fingerprint density at radius 3 is 2.69 bits per heavy atom. The molecule has 1 aliphatic carbocycles. The Labute approximate surface area is 160 Å². The molecule has 140 valence electrons. The lowest BCUT2D eigenvalue weighted by Gasteiger charge is -2.22.